The Bertz CT molecular complexity index is 912. The second kappa shape index (κ2) is 9.22. The first-order chi connectivity index (χ1) is 13.6. The highest BCUT2D eigenvalue weighted by Gasteiger charge is 2.41. The molecule has 1 saturated heterocycles. The summed E-state index contributed by atoms with van der Waals surface area (Å²) in [5.41, 5.74) is 0.952. The Labute approximate surface area is 167 Å². The second-order valence-electron chi connectivity index (χ2n) is 6.65. The van der Waals surface area contributed by atoms with Crippen LogP contribution in [0.25, 0.3) is 0 Å². The van der Waals surface area contributed by atoms with Crippen LogP contribution in [0.3, 0.4) is 0 Å². The molecule has 1 aliphatic rings. The van der Waals surface area contributed by atoms with Gasteiger partial charge in [-0.1, -0.05) is 11.8 Å². The molecule has 2 atom stereocenters. The summed E-state index contributed by atoms with van der Waals surface area (Å²) in [6.07, 6.45) is -1.21. The van der Waals surface area contributed by atoms with Crippen LogP contribution in [-0.4, -0.2) is 68.9 Å². The zero-order valence-electron chi connectivity index (χ0n) is 15.9. The van der Waals surface area contributed by atoms with E-state index in [9.17, 15) is 24.6 Å². The topological polar surface area (TPSA) is 139 Å². The number of β-amino-alcohol motifs (C(OH)–C–C–N with tert-alkyl or cyclic N) is 1. The predicted octanol–water partition coefficient (Wildman–Crippen LogP) is -1.38. The van der Waals surface area contributed by atoms with Gasteiger partial charge in [-0.2, -0.15) is 0 Å². The number of aliphatic hydroxyl groups is 2. The van der Waals surface area contributed by atoms with E-state index in [2.05, 4.69) is 29.0 Å². The van der Waals surface area contributed by atoms with Crippen LogP contribution in [0.5, 0.6) is 0 Å². The molecule has 0 bridgehead atoms. The van der Waals surface area contributed by atoms with Gasteiger partial charge in [0, 0.05) is 18.1 Å². The third kappa shape index (κ3) is 5.80. The minimum Gasteiger partial charge on any atom is -0.391 e. The van der Waals surface area contributed by atoms with E-state index in [-0.39, 0.29) is 24.6 Å². The smallest absolute Gasteiger partial charge is 0.268 e. The van der Waals surface area contributed by atoms with Crippen molar-refractivity contribution in [2.24, 2.45) is 0 Å². The normalized spacial score (nSPS) is 16.0. The quantitative estimate of drug-likeness (QED) is 0.240. The molecule has 3 amide bonds. The molecule has 0 aliphatic carbocycles. The van der Waals surface area contributed by atoms with Crippen LogP contribution in [0.1, 0.15) is 29.8 Å². The molecule has 1 heterocycles. The SMILES string of the molecule is CC(=O)N1CC(O)(C#CC#Cc2ccc(C(=O)N[C@H](C(=O)NO)[C@@H](C)O)cc2)C1. The monoisotopic (exact) mass is 399 g/mol. The van der Waals surface area contributed by atoms with Crippen molar-refractivity contribution in [3.8, 4) is 23.7 Å². The molecule has 1 aromatic carbocycles. The third-order valence-electron chi connectivity index (χ3n) is 4.22. The summed E-state index contributed by atoms with van der Waals surface area (Å²) < 4.78 is 0. The molecule has 9 nitrogen and oxygen atoms in total. The summed E-state index contributed by atoms with van der Waals surface area (Å²) in [5.74, 6) is 8.88. The first-order valence-electron chi connectivity index (χ1n) is 8.69. The van der Waals surface area contributed by atoms with Crippen molar-refractivity contribution < 1.29 is 29.8 Å². The van der Waals surface area contributed by atoms with Crippen LogP contribution in [0.15, 0.2) is 24.3 Å². The third-order valence-corrected chi connectivity index (χ3v) is 4.22. The van der Waals surface area contributed by atoms with Crippen LogP contribution in [-0.2, 0) is 9.59 Å². The van der Waals surface area contributed by atoms with Gasteiger partial charge in [-0.3, -0.25) is 19.6 Å². The molecule has 9 heteroatoms. The molecule has 1 aliphatic heterocycles. The van der Waals surface area contributed by atoms with E-state index < -0.39 is 29.6 Å². The van der Waals surface area contributed by atoms with E-state index in [0.717, 1.165) is 0 Å². The van der Waals surface area contributed by atoms with Crippen LogP contribution in [0.4, 0.5) is 0 Å². The van der Waals surface area contributed by atoms with Gasteiger partial charge in [-0.05, 0) is 43.0 Å². The van der Waals surface area contributed by atoms with Gasteiger partial charge in [0.15, 0.2) is 5.60 Å². The summed E-state index contributed by atoms with van der Waals surface area (Å²) >= 11 is 0. The van der Waals surface area contributed by atoms with E-state index >= 15 is 0 Å². The van der Waals surface area contributed by atoms with Crippen molar-refractivity contribution in [1.82, 2.24) is 15.7 Å². The lowest BCUT2D eigenvalue weighted by Gasteiger charge is -2.42. The number of benzene rings is 1. The lowest BCUT2D eigenvalue weighted by atomic mass is 9.95. The molecule has 0 aromatic heterocycles. The average molecular weight is 399 g/mol. The summed E-state index contributed by atoms with van der Waals surface area (Å²) in [6, 6.07) is 4.80. The van der Waals surface area contributed by atoms with Gasteiger partial charge in [0.1, 0.15) is 6.04 Å². The molecule has 0 saturated carbocycles. The molecule has 2 rings (SSSR count). The Balaban J connectivity index is 1.97. The summed E-state index contributed by atoms with van der Waals surface area (Å²) in [5, 5.41) is 30.6. The number of hydroxylamine groups is 1. The van der Waals surface area contributed by atoms with Crippen LogP contribution in [0.2, 0.25) is 0 Å². The molecule has 0 unspecified atom stereocenters. The van der Waals surface area contributed by atoms with Crippen LogP contribution < -0.4 is 10.8 Å². The Kier molecular flexibility index (Phi) is 6.97. The molecule has 0 radical (unpaired) electrons. The number of nitrogens with one attached hydrogen (secondary N) is 2. The predicted molar refractivity (Wildman–Crippen MR) is 101 cm³/mol. The maximum Gasteiger partial charge on any atom is 0.268 e. The molecule has 29 heavy (non-hydrogen) atoms. The maximum atomic E-state index is 12.2. The van der Waals surface area contributed by atoms with Gasteiger partial charge in [-0.15, -0.1) is 0 Å². The van der Waals surface area contributed by atoms with Gasteiger partial charge >= 0.3 is 0 Å². The van der Waals surface area contributed by atoms with Gasteiger partial charge in [-0.25, -0.2) is 5.48 Å². The molecule has 1 aromatic rings. The lowest BCUT2D eigenvalue weighted by molar-refractivity contribution is -0.144. The van der Waals surface area contributed by atoms with Crippen molar-refractivity contribution in [2.45, 2.75) is 31.6 Å². The van der Waals surface area contributed by atoms with E-state index in [0.29, 0.717) is 5.56 Å². The number of nitrogens with zero attached hydrogens (tertiary/aromatic N) is 1. The number of hydrogen-bond donors (Lipinski definition) is 5. The Hall–Kier alpha value is -3.37. The van der Waals surface area contributed by atoms with Crippen molar-refractivity contribution in [3.05, 3.63) is 35.4 Å². The van der Waals surface area contributed by atoms with Gasteiger partial charge < -0.3 is 20.4 Å². The summed E-state index contributed by atoms with van der Waals surface area (Å²) in [4.78, 5) is 36.2. The molecular formula is C20H21N3O6. The van der Waals surface area contributed by atoms with Crippen molar-refractivity contribution in [1.29, 1.82) is 0 Å². The highest BCUT2D eigenvalue weighted by atomic mass is 16.5. The largest absolute Gasteiger partial charge is 0.391 e. The molecule has 5 N–H and O–H groups in total. The fourth-order valence-corrected chi connectivity index (χ4v) is 2.54. The fourth-order valence-electron chi connectivity index (χ4n) is 2.54. The highest BCUT2D eigenvalue weighted by molar-refractivity contribution is 5.97. The molecule has 1 fully saturated rings. The first-order valence-corrected chi connectivity index (χ1v) is 8.69. The Morgan fingerprint density at radius 1 is 1.17 bits per heavy atom. The van der Waals surface area contributed by atoms with Crippen LogP contribution >= 0.6 is 0 Å². The average Bonchev–Trinajstić information content (AvgIpc) is 2.66. The number of amides is 3. The van der Waals surface area contributed by atoms with Crippen LogP contribution in [0, 0.1) is 23.7 Å². The van der Waals surface area contributed by atoms with E-state index in [1.165, 1.54) is 36.4 Å². The van der Waals surface area contributed by atoms with E-state index in [1.54, 1.807) is 12.1 Å². The minimum absolute atomic E-state index is 0.122. The molecule has 0 spiro atoms. The van der Waals surface area contributed by atoms with Crippen molar-refractivity contribution in [3.63, 3.8) is 0 Å². The lowest BCUT2D eigenvalue weighted by Crippen LogP contribution is -2.62. The van der Waals surface area contributed by atoms with Gasteiger partial charge in [0.2, 0.25) is 5.91 Å². The zero-order valence-corrected chi connectivity index (χ0v) is 15.9. The van der Waals surface area contributed by atoms with Crippen molar-refractivity contribution >= 4 is 17.7 Å². The number of carbonyl (C=O) groups is 3. The number of likely N-dealkylation sites (tertiary alicyclic amines) is 1. The maximum absolute atomic E-state index is 12.2. The summed E-state index contributed by atoms with van der Waals surface area (Å²) in [7, 11) is 0. The number of hydrogen-bond acceptors (Lipinski definition) is 6. The number of carbonyl (C=O) groups excluding carboxylic acids is 3. The number of aliphatic hydroxyl groups excluding tert-OH is 1. The molecular weight excluding hydrogens is 378 g/mol. The van der Waals surface area contributed by atoms with Gasteiger partial charge in [0.05, 0.1) is 19.2 Å². The molecule has 152 valence electrons. The zero-order chi connectivity index (χ0) is 21.6. The standard InChI is InChI=1S/C20H21N3O6/c1-13(24)17(19(27)22-29)21-18(26)16-8-6-15(7-9-16)5-3-4-10-20(28)11-23(12-20)14(2)25/h6-9,13,17,24,28-29H,11-12H2,1-2H3,(H,21,26)(H,22,27)/t13-,17+/m1/s1. The first kappa shape index (κ1) is 21.9. The van der Waals surface area contributed by atoms with Crippen molar-refractivity contribution in [2.75, 3.05) is 13.1 Å². The fraction of sp³-hybridized carbons (Fsp3) is 0.350. The number of rotatable bonds is 4. The van der Waals surface area contributed by atoms with Gasteiger partial charge in [0.25, 0.3) is 11.8 Å². The second-order valence-corrected chi connectivity index (χ2v) is 6.65. The highest BCUT2D eigenvalue weighted by Crippen LogP contribution is 2.19. The Morgan fingerprint density at radius 3 is 2.31 bits per heavy atom. The van der Waals surface area contributed by atoms with E-state index in [1.807, 2.05) is 0 Å². The minimum atomic E-state index is -1.31. The van der Waals surface area contributed by atoms with E-state index in [4.69, 9.17) is 5.21 Å². The Morgan fingerprint density at radius 2 is 1.79 bits per heavy atom. The summed E-state index contributed by atoms with van der Waals surface area (Å²) in [6.45, 7) is 3.03.